The maximum absolute atomic E-state index is 16.1. The summed E-state index contributed by atoms with van der Waals surface area (Å²) < 4.78 is 43.5. The minimum absolute atomic E-state index is 0.111. The summed E-state index contributed by atoms with van der Waals surface area (Å²) in [5.74, 6) is -0.00918. The fourth-order valence-electron chi connectivity index (χ4n) is 8.12. The standard InChI is InChI=1S/C43H51FN8O3S2.C5H7NO2/c1-6-24-57(54,55)50-35-9-7-8-34(38(35)44)39-40(56-41(49-39)43(2,3)4)36-16-20-46-42(48-36)47-33-15-12-31-26-52(23-19-30(31)25-33)37(53)27-51-21-17-29(18-22-51)28-10-13-32(45-5)14-11-28;7-4-2-1-3-5(8)6-4/h7-16,20,25,29,45,50H,6,17-19,21-24,26-27H2,1-5H3,(H,46,47,48);1-3H2,(H,6,7,8). The fourth-order valence-corrected chi connectivity index (χ4v) is 10.4. The third-order valence-electron chi connectivity index (χ3n) is 11.7. The molecule has 5 heterocycles. The monoisotopic (exact) mass is 923 g/mol. The van der Waals surface area contributed by atoms with Gasteiger partial charge < -0.3 is 15.5 Å². The zero-order chi connectivity index (χ0) is 46.3. The predicted octanol–water partition coefficient (Wildman–Crippen LogP) is 8.22. The highest BCUT2D eigenvalue weighted by Crippen LogP contribution is 2.42. The minimum atomic E-state index is -3.71. The molecule has 2 fully saturated rings. The highest BCUT2D eigenvalue weighted by molar-refractivity contribution is 7.92. The molecule has 0 atom stereocenters. The van der Waals surface area contributed by atoms with Crippen LogP contribution in [0.1, 0.15) is 93.8 Å². The average Bonchev–Trinajstić information content (AvgIpc) is 3.74. The molecule has 0 radical (unpaired) electrons. The second kappa shape index (κ2) is 20.6. The number of rotatable bonds is 12. The number of benzene rings is 3. The number of carbonyl (C=O) groups is 3. The van der Waals surface area contributed by atoms with Crippen LogP contribution in [0.25, 0.3) is 21.8 Å². The summed E-state index contributed by atoms with van der Waals surface area (Å²) in [5, 5.41) is 9.52. The van der Waals surface area contributed by atoms with Gasteiger partial charge in [0, 0.05) is 61.5 Å². The van der Waals surface area contributed by atoms with Crippen molar-refractivity contribution in [2.75, 3.05) is 54.3 Å². The molecule has 0 unspecified atom stereocenters. The number of carbonyl (C=O) groups excluding carboxylic acids is 3. The van der Waals surface area contributed by atoms with Crippen molar-refractivity contribution in [1.29, 1.82) is 0 Å². The summed E-state index contributed by atoms with van der Waals surface area (Å²) in [7, 11) is -1.78. The summed E-state index contributed by atoms with van der Waals surface area (Å²) in [6.45, 7) is 11.4. The molecule has 2 saturated heterocycles. The molecule has 8 rings (SSSR count). The second-order valence-electron chi connectivity index (χ2n) is 17.7. The first-order chi connectivity index (χ1) is 31.1. The van der Waals surface area contributed by atoms with Gasteiger partial charge in [0.1, 0.15) is 0 Å². The number of likely N-dealkylation sites (tertiary alicyclic amines) is 1. The predicted molar refractivity (Wildman–Crippen MR) is 255 cm³/mol. The van der Waals surface area contributed by atoms with Crippen molar-refractivity contribution in [3.63, 3.8) is 0 Å². The lowest BCUT2D eigenvalue weighted by atomic mass is 9.89. The van der Waals surface area contributed by atoms with Gasteiger partial charge in [-0.15, -0.1) is 11.3 Å². The van der Waals surface area contributed by atoms with Crippen LogP contribution < -0.4 is 20.7 Å². The van der Waals surface area contributed by atoms with Gasteiger partial charge in [-0.05, 0) is 110 Å². The van der Waals surface area contributed by atoms with E-state index in [1.54, 1.807) is 31.3 Å². The summed E-state index contributed by atoms with van der Waals surface area (Å²) in [6.07, 6.45) is 6.65. The molecule has 0 bridgehead atoms. The molecular weight excluding hydrogens is 866 g/mol. The Balaban J connectivity index is 0.000000711. The number of aromatic nitrogens is 3. The quantitative estimate of drug-likeness (QED) is 0.0887. The summed E-state index contributed by atoms with van der Waals surface area (Å²) in [4.78, 5) is 53.3. The van der Waals surface area contributed by atoms with E-state index in [4.69, 9.17) is 9.97 Å². The van der Waals surface area contributed by atoms with Crippen molar-refractivity contribution in [2.45, 2.75) is 90.5 Å². The van der Waals surface area contributed by atoms with Crippen molar-refractivity contribution in [3.05, 3.63) is 100 Å². The minimum Gasteiger partial charge on any atom is -0.388 e. The van der Waals surface area contributed by atoms with Crippen LogP contribution in [0, 0.1) is 5.82 Å². The van der Waals surface area contributed by atoms with E-state index in [0.717, 1.165) is 54.3 Å². The van der Waals surface area contributed by atoms with Crippen molar-refractivity contribution in [1.82, 2.24) is 30.1 Å². The molecule has 5 aromatic rings. The Labute approximate surface area is 384 Å². The number of halogens is 1. The Hall–Kier alpha value is -5.78. The molecule has 3 aliphatic rings. The highest BCUT2D eigenvalue weighted by Gasteiger charge is 2.28. The van der Waals surface area contributed by atoms with Gasteiger partial charge in [0.25, 0.3) is 0 Å². The van der Waals surface area contributed by atoms with E-state index in [1.807, 2.05) is 38.8 Å². The summed E-state index contributed by atoms with van der Waals surface area (Å²) in [6, 6.07) is 21.2. The molecule has 3 amide bonds. The van der Waals surface area contributed by atoms with Gasteiger partial charge >= 0.3 is 0 Å². The van der Waals surface area contributed by atoms with Crippen molar-refractivity contribution in [3.8, 4) is 21.8 Å². The van der Waals surface area contributed by atoms with E-state index in [-0.39, 0.29) is 40.1 Å². The topological polar surface area (TPSA) is 179 Å². The molecule has 0 saturated carbocycles. The molecule has 344 valence electrons. The maximum Gasteiger partial charge on any atom is 0.237 e. The van der Waals surface area contributed by atoms with Crippen molar-refractivity contribution < 1.29 is 27.2 Å². The van der Waals surface area contributed by atoms with Crippen molar-refractivity contribution >= 4 is 62.1 Å². The first kappa shape index (κ1) is 47.2. The first-order valence-corrected chi connectivity index (χ1v) is 24.7. The molecule has 2 aromatic heterocycles. The van der Waals surface area contributed by atoms with E-state index in [0.29, 0.717) is 73.4 Å². The molecule has 0 aliphatic carbocycles. The Morgan fingerprint density at radius 1 is 0.923 bits per heavy atom. The van der Waals surface area contributed by atoms with Gasteiger partial charge in [-0.25, -0.2) is 27.8 Å². The molecule has 65 heavy (non-hydrogen) atoms. The molecule has 17 heteroatoms. The van der Waals surface area contributed by atoms with Gasteiger partial charge in [-0.2, -0.15) is 0 Å². The molecular formula is C48H58FN9O5S2. The van der Waals surface area contributed by atoms with Crippen LogP contribution in [0.5, 0.6) is 0 Å². The highest BCUT2D eigenvalue weighted by atomic mass is 32.2. The Bertz CT molecular complexity index is 2610. The van der Waals surface area contributed by atoms with E-state index in [1.165, 1.54) is 28.5 Å². The molecule has 3 aromatic carbocycles. The van der Waals surface area contributed by atoms with Gasteiger partial charge in [-0.1, -0.05) is 52.0 Å². The maximum atomic E-state index is 16.1. The number of piperidine rings is 2. The second-order valence-corrected chi connectivity index (χ2v) is 20.6. The largest absolute Gasteiger partial charge is 0.388 e. The molecule has 0 spiro atoms. The average molecular weight is 924 g/mol. The van der Waals surface area contributed by atoms with Crippen LogP contribution in [0.2, 0.25) is 0 Å². The van der Waals surface area contributed by atoms with Gasteiger partial charge in [0.15, 0.2) is 5.82 Å². The van der Waals surface area contributed by atoms with Gasteiger partial charge in [-0.3, -0.25) is 29.3 Å². The van der Waals surface area contributed by atoms with Crippen LogP contribution >= 0.6 is 11.3 Å². The van der Waals surface area contributed by atoms with E-state index in [9.17, 15) is 22.8 Å². The summed E-state index contributed by atoms with van der Waals surface area (Å²) >= 11 is 1.43. The number of amides is 3. The smallest absolute Gasteiger partial charge is 0.237 e. The van der Waals surface area contributed by atoms with Crippen molar-refractivity contribution in [2.24, 2.45) is 0 Å². The number of nitrogens with zero attached hydrogens (tertiary/aromatic N) is 5. The number of hydrogen-bond acceptors (Lipinski definition) is 12. The zero-order valence-corrected chi connectivity index (χ0v) is 39.3. The Kier molecular flexibility index (Phi) is 14.9. The number of imide groups is 1. The van der Waals surface area contributed by atoms with Crippen LogP contribution in [0.3, 0.4) is 0 Å². The number of hydrogen-bond donors (Lipinski definition) is 4. The van der Waals surface area contributed by atoms with Gasteiger partial charge in [0.2, 0.25) is 33.7 Å². The van der Waals surface area contributed by atoms with E-state index in [2.05, 4.69) is 67.0 Å². The number of thiazole rings is 1. The number of nitrogens with one attached hydrogen (secondary N) is 4. The van der Waals surface area contributed by atoms with Gasteiger partial charge in [0.05, 0.1) is 39.3 Å². The lowest BCUT2D eigenvalue weighted by molar-refractivity contribution is -0.134. The number of fused-ring (bicyclic) bond motifs is 1. The van der Waals surface area contributed by atoms with Crippen LogP contribution in [0.4, 0.5) is 27.4 Å². The summed E-state index contributed by atoms with van der Waals surface area (Å²) in [5.41, 5.74) is 6.30. The first-order valence-electron chi connectivity index (χ1n) is 22.2. The van der Waals surface area contributed by atoms with E-state index >= 15 is 4.39 Å². The SMILES string of the molecule is CCCS(=O)(=O)Nc1cccc(-c2nc(C(C)(C)C)sc2-c2ccnc(Nc3ccc4c(c3)CCN(C(=O)CN3CCC(c5ccc(NC)cc5)CC3)C4)n2)c1F.O=C1CCCC(=O)N1. The molecule has 4 N–H and O–H groups in total. The Morgan fingerprint density at radius 3 is 2.31 bits per heavy atom. The van der Waals surface area contributed by atoms with Crippen LogP contribution in [0.15, 0.2) is 72.9 Å². The van der Waals surface area contributed by atoms with Crippen LogP contribution in [-0.2, 0) is 42.8 Å². The number of anilines is 4. The van der Waals surface area contributed by atoms with Crippen LogP contribution in [-0.4, -0.2) is 89.9 Å². The molecule has 3 aliphatic heterocycles. The lowest BCUT2D eigenvalue weighted by Crippen LogP contribution is -2.44. The third-order valence-corrected chi connectivity index (χ3v) is 14.7. The van der Waals surface area contributed by atoms with E-state index < -0.39 is 15.8 Å². The number of sulfonamides is 1. The zero-order valence-electron chi connectivity index (χ0n) is 37.7. The fraction of sp³-hybridized carbons (Fsp3) is 0.417. The lowest BCUT2D eigenvalue weighted by Gasteiger charge is -2.35. The normalized spacial score (nSPS) is 15.9. The third kappa shape index (κ3) is 12.1. The Morgan fingerprint density at radius 2 is 1.65 bits per heavy atom. The molecule has 14 nitrogen and oxygen atoms in total.